The molecule has 2 saturated heterocycles. The van der Waals surface area contributed by atoms with E-state index in [0.29, 0.717) is 32.1 Å². The molecule has 6 nitrogen and oxygen atoms in total. The molecule has 1 aromatic rings. The lowest BCUT2D eigenvalue weighted by Gasteiger charge is -2.38. The SMILES string of the molecule is CCNC(=NCC1(c2ccc(F)cc2)CCOCC1)N1CCC(CC(=O)NC)CC1.I. The van der Waals surface area contributed by atoms with Gasteiger partial charge in [0.2, 0.25) is 5.91 Å². The summed E-state index contributed by atoms with van der Waals surface area (Å²) in [7, 11) is 1.70. The fourth-order valence-corrected chi connectivity index (χ4v) is 4.47. The summed E-state index contributed by atoms with van der Waals surface area (Å²) < 4.78 is 19.1. The smallest absolute Gasteiger partial charge is 0.220 e. The first-order valence-corrected chi connectivity index (χ1v) is 11.1. The molecule has 8 heteroatoms. The zero-order valence-electron chi connectivity index (χ0n) is 18.7. The van der Waals surface area contributed by atoms with Crippen molar-refractivity contribution in [3.8, 4) is 0 Å². The van der Waals surface area contributed by atoms with Gasteiger partial charge in [-0.2, -0.15) is 0 Å². The molecule has 1 amide bonds. The summed E-state index contributed by atoms with van der Waals surface area (Å²) in [6.45, 7) is 6.76. The van der Waals surface area contributed by atoms with Gasteiger partial charge in [-0.3, -0.25) is 9.79 Å². The second-order valence-corrected chi connectivity index (χ2v) is 8.38. The number of rotatable bonds is 6. The van der Waals surface area contributed by atoms with Gasteiger partial charge in [-0.1, -0.05) is 12.1 Å². The average molecular weight is 546 g/mol. The lowest BCUT2D eigenvalue weighted by Crippen LogP contribution is -2.47. The average Bonchev–Trinajstić information content (AvgIpc) is 2.78. The van der Waals surface area contributed by atoms with Gasteiger partial charge in [-0.15, -0.1) is 24.0 Å². The van der Waals surface area contributed by atoms with Gasteiger partial charge in [0.1, 0.15) is 5.82 Å². The number of amides is 1. The van der Waals surface area contributed by atoms with Crippen molar-refractivity contribution in [2.24, 2.45) is 10.9 Å². The van der Waals surface area contributed by atoms with Crippen LogP contribution < -0.4 is 10.6 Å². The largest absolute Gasteiger partial charge is 0.381 e. The Morgan fingerprint density at radius 1 is 1.23 bits per heavy atom. The van der Waals surface area contributed by atoms with Gasteiger partial charge in [0.05, 0.1) is 6.54 Å². The number of ether oxygens (including phenoxy) is 1. The van der Waals surface area contributed by atoms with E-state index in [-0.39, 0.29) is 41.1 Å². The van der Waals surface area contributed by atoms with Crippen molar-refractivity contribution in [1.82, 2.24) is 15.5 Å². The monoisotopic (exact) mass is 546 g/mol. The fourth-order valence-electron chi connectivity index (χ4n) is 4.47. The Morgan fingerprint density at radius 2 is 1.87 bits per heavy atom. The van der Waals surface area contributed by atoms with E-state index in [4.69, 9.17) is 9.73 Å². The lowest BCUT2D eigenvalue weighted by atomic mass is 9.74. The van der Waals surface area contributed by atoms with Crippen LogP contribution in [-0.4, -0.2) is 63.2 Å². The third-order valence-corrected chi connectivity index (χ3v) is 6.44. The van der Waals surface area contributed by atoms with Gasteiger partial charge in [0.15, 0.2) is 5.96 Å². The van der Waals surface area contributed by atoms with Crippen molar-refractivity contribution in [2.75, 3.05) is 46.4 Å². The van der Waals surface area contributed by atoms with Crippen LogP contribution in [0.25, 0.3) is 0 Å². The van der Waals surface area contributed by atoms with Crippen LogP contribution in [0, 0.1) is 11.7 Å². The topological polar surface area (TPSA) is 66.0 Å². The molecular weight excluding hydrogens is 510 g/mol. The molecule has 0 aromatic heterocycles. The van der Waals surface area contributed by atoms with Crippen molar-refractivity contribution in [3.05, 3.63) is 35.6 Å². The van der Waals surface area contributed by atoms with Crippen LogP contribution in [0.15, 0.2) is 29.3 Å². The lowest BCUT2D eigenvalue weighted by molar-refractivity contribution is -0.121. The van der Waals surface area contributed by atoms with E-state index in [0.717, 1.165) is 56.8 Å². The summed E-state index contributed by atoms with van der Waals surface area (Å²) in [5.41, 5.74) is 1.01. The van der Waals surface area contributed by atoms with E-state index in [2.05, 4.69) is 22.5 Å². The molecule has 0 radical (unpaired) electrons. The van der Waals surface area contributed by atoms with Crippen molar-refractivity contribution < 1.29 is 13.9 Å². The Bertz CT molecular complexity index is 715. The van der Waals surface area contributed by atoms with Crippen LogP contribution in [0.4, 0.5) is 4.39 Å². The maximum atomic E-state index is 13.5. The summed E-state index contributed by atoms with van der Waals surface area (Å²) in [5, 5.41) is 6.17. The minimum Gasteiger partial charge on any atom is -0.381 e. The van der Waals surface area contributed by atoms with E-state index in [1.807, 2.05) is 12.1 Å². The third-order valence-electron chi connectivity index (χ3n) is 6.44. The Morgan fingerprint density at radius 3 is 2.45 bits per heavy atom. The summed E-state index contributed by atoms with van der Waals surface area (Å²) in [6.07, 6.45) is 4.36. The quantitative estimate of drug-likeness (QED) is 0.327. The molecule has 0 aliphatic carbocycles. The number of aliphatic imine (C=N–C) groups is 1. The first-order valence-electron chi connectivity index (χ1n) is 11.1. The predicted octanol–water partition coefficient (Wildman–Crippen LogP) is 3.31. The van der Waals surface area contributed by atoms with Gasteiger partial charge in [-0.25, -0.2) is 4.39 Å². The first kappa shape index (κ1) is 25.8. The highest BCUT2D eigenvalue weighted by molar-refractivity contribution is 14.0. The minimum absolute atomic E-state index is 0. The summed E-state index contributed by atoms with van der Waals surface area (Å²) in [6, 6.07) is 6.87. The van der Waals surface area contributed by atoms with Crippen LogP contribution in [-0.2, 0) is 14.9 Å². The summed E-state index contributed by atoms with van der Waals surface area (Å²) >= 11 is 0. The van der Waals surface area contributed by atoms with Crippen LogP contribution in [0.2, 0.25) is 0 Å². The maximum Gasteiger partial charge on any atom is 0.220 e. The second kappa shape index (κ2) is 12.6. The highest BCUT2D eigenvalue weighted by Gasteiger charge is 2.35. The Labute approximate surface area is 202 Å². The number of halogens is 2. The molecule has 2 fully saturated rings. The number of piperidine rings is 1. The molecule has 0 saturated carbocycles. The number of hydrogen-bond donors (Lipinski definition) is 2. The van der Waals surface area contributed by atoms with E-state index >= 15 is 0 Å². The zero-order chi connectivity index (χ0) is 21.4. The fraction of sp³-hybridized carbons (Fsp3) is 0.652. The molecule has 2 aliphatic heterocycles. The van der Waals surface area contributed by atoms with E-state index in [1.165, 1.54) is 0 Å². The van der Waals surface area contributed by atoms with E-state index < -0.39 is 0 Å². The molecule has 174 valence electrons. The van der Waals surface area contributed by atoms with Gasteiger partial charge < -0.3 is 20.3 Å². The van der Waals surface area contributed by atoms with Crippen LogP contribution in [0.1, 0.15) is 44.6 Å². The van der Waals surface area contributed by atoms with Crippen LogP contribution >= 0.6 is 24.0 Å². The highest BCUT2D eigenvalue weighted by atomic mass is 127. The number of nitrogens with one attached hydrogen (secondary N) is 2. The Hall–Kier alpha value is -1.42. The Kier molecular flexibility index (Phi) is 10.5. The first-order chi connectivity index (χ1) is 14.6. The predicted molar refractivity (Wildman–Crippen MR) is 133 cm³/mol. The van der Waals surface area contributed by atoms with Crippen molar-refractivity contribution >= 4 is 35.8 Å². The molecule has 3 rings (SSSR count). The van der Waals surface area contributed by atoms with Gasteiger partial charge >= 0.3 is 0 Å². The number of nitrogens with zero attached hydrogens (tertiary/aromatic N) is 2. The summed E-state index contributed by atoms with van der Waals surface area (Å²) in [4.78, 5) is 19.0. The van der Waals surface area contributed by atoms with Gasteiger partial charge in [0.25, 0.3) is 0 Å². The number of likely N-dealkylation sites (tertiary alicyclic amines) is 1. The molecule has 0 spiro atoms. The molecule has 0 unspecified atom stereocenters. The number of benzene rings is 1. The molecule has 2 heterocycles. The van der Waals surface area contributed by atoms with E-state index in [9.17, 15) is 9.18 Å². The molecule has 0 atom stereocenters. The van der Waals surface area contributed by atoms with Gasteiger partial charge in [-0.05, 0) is 56.2 Å². The van der Waals surface area contributed by atoms with Gasteiger partial charge in [0, 0.05) is 51.7 Å². The molecule has 1 aromatic carbocycles. The maximum absolute atomic E-state index is 13.5. The second-order valence-electron chi connectivity index (χ2n) is 8.38. The van der Waals surface area contributed by atoms with Crippen molar-refractivity contribution in [2.45, 2.75) is 44.4 Å². The summed E-state index contributed by atoms with van der Waals surface area (Å²) in [5.74, 6) is 1.28. The molecule has 2 N–H and O–H groups in total. The molecule has 31 heavy (non-hydrogen) atoms. The van der Waals surface area contributed by atoms with Crippen LogP contribution in [0.5, 0.6) is 0 Å². The standard InChI is InChI=1S/C23H35FN4O2.HI/c1-3-26-22(28-12-8-18(9-13-28)16-21(29)25-2)27-17-23(10-14-30-15-11-23)19-4-6-20(24)7-5-19;/h4-7,18H,3,8-17H2,1-2H3,(H,25,29)(H,26,27);1H. The molecule has 0 bridgehead atoms. The number of carbonyl (C=O) groups excluding carboxylic acids is 1. The third kappa shape index (κ3) is 7.03. The van der Waals surface area contributed by atoms with Crippen molar-refractivity contribution in [1.29, 1.82) is 0 Å². The van der Waals surface area contributed by atoms with Crippen molar-refractivity contribution in [3.63, 3.8) is 0 Å². The molecule has 2 aliphatic rings. The molecular formula is C23H36FIN4O2. The Balaban J connectivity index is 0.00000341. The zero-order valence-corrected chi connectivity index (χ0v) is 21.0. The normalized spacial score (nSPS) is 19.5. The number of hydrogen-bond acceptors (Lipinski definition) is 3. The van der Waals surface area contributed by atoms with Crippen LogP contribution in [0.3, 0.4) is 0 Å². The van der Waals surface area contributed by atoms with E-state index in [1.54, 1.807) is 19.2 Å². The highest BCUT2D eigenvalue weighted by Crippen LogP contribution is 2.35. The minimum atomic E-state index is -0.211. The number of carbonyl (C=O) groups is 1. The number of guanidine groups is 1.